The summed E-state index contributed by atoms with van der Waals surface area (Å²) in [7, 11) is 4.18. The second kappa shape index (κ2) is 6.67. The molecule has 0 aliphatic carbocycles. The van der Waals surface area contributed by atoms with Gasteiger partial charge < -0.3 is 15.2 Å². The fraction of sp³-hybridized carbons (Fsp3) is 0.571. The van der Waals surface area contributed by atoms with Crippen molar-refractivity contribution in [1.29, 1.82) is 0 Å². The van der Waals surface area contributed by atoms with Crippen LogP contribution in [0.15, 0.2) is 18.5 Å². The second-order valence-electron chi connectivity index (χ2n) is 5.56. The minimum absolute atomic E-state index is 0.0312. The van der Waals surface area contributed by atoms with Gasteiger partial charge in [0.1, 0.15) is 0 Å². The predicted molar refractivity (Wildman–Crippen MR) is 79.2 cm³/mol. The van der Waals surface area contributed by atoms with E-state index in [2.05, 4.69) is 29.4 Å². The monoisotopic (exact) mass is 277 g/mol. The Morgan fingerprint density at radius 1 is 1.50 bits per heavy atom. The van der Waals surface area contributed by atoms with E-state index in [4.69, 9.17) is 5.84 Å². The van der Waals surface area contributed by atoms with Crippen molar-refractivity contribution >= 4 is 11.6 Å². The van der Waals surface area contributed by atoms with Crippen LogP contribution in [0.4, 0.5) is 5.69 Å². The number of nitrogen functional groups attached to an aromatic ring is 1. The molecule has 1 aliphatic rings. The van der Waals surface area contributed by atoms with Crippen molar-refractivity contribution in [2.75, 3.05) is 39.2 Å². The Bertz CT molecular complexity index is 455. The summed E-state index contributed by atoms with van der Waals surface area (Å²) < 4.78 is 0. The number of anilines is 1. The van der Waals surface area contributed by atoms with Crippen LogP contribution >= 0.6 is 0 Å². The number of nitrogens with two attached hydrogens (primary N) is 1. The first-order valence-corrected chi connectivity index (χ1v) is 6.96. The molecule has 0 unspecified atom stereocenters. The number of pyridine rings is 1. The molecule has 0 spiro atoms. The Kier molecular flexibility index (Phi) is 4.92. The summed E-state index contributed by atoms with van der Waals surface area (Å²) in [6.45, 7) is 2.71. The molecule has 0 saturated carbocycles. The Morgan fingerprint density at radius 2 is 2.20 bits per heavy atom. The zero-order chi connectivity index (χ0) is 14.5. The SMILES string of the molecule is CN(C)CC1CCN(C(=O)c2ccncc2NN)CC1. The Labute approximate surface area is 119 Å². The molecule has 3 N–H and O–H groups in total. The van der Waals surface area contributed by atoms with E-state index in [0.717, 1.165) is 32.5 Å². The largest absolute Gasteiger partial charge is 0.339 e. The van der Waals surface area contributed by atoms with E-state index in [0.29, 0.717) is 17.2 Å². The number of carbonyl (C=O) groups excluding carboxylic acids is 1. The van der Waals surface area contributed by atoms with E-state index in [1.54, 1.807) is 18.5 Å². The topological polar surface area (TPSA) is 74.5 Å². The van der Waals surface area contributed by atoms with Crippen molar-refractivity contribution < 1.29 is 4.79 Å². The zero-order valence-corrected chi connectivity index (χ0v) is 12.2. The number of nitrogens with one attached hydrogen (secondary N) is 1. The van der Waals surface area contributed by atoms with E-state index in [-0.39, 0.29) is 5.91 Å². The van der Waals surface area contributed by atoms with Gasteiger partial charge in [-0.2, -0.15) is 0 Å². The summed E-state index contributed by atoms with van der Waals surface area (Å²) >= 11 is 0. The first-order chi connectivity index (χ1) is 9.61. The van der Waals surface area contributed by atoms with Crippen LogP contribution in [-0.4, -0.2) is 54.4 Å². The molecule has 0 atom stereocenters. The molecule has 0 aromatic carbocycles. The van der Waals surface area contributed by atoms with Crippen LogP contribution in [0.25, 0.3) is 0 Å². The van der Waals surface area contributed by atoms with Gasteiger partial charge in [0.25, 0.3) is 5.91 Å². The van der Waals surface area contributed by atoms with Crippen LogP contribution in [0.2, 0.25) is 0 Å². The van der Waals surface area contributed by atoms with Crippen LogP contribution in [-0.2, 0) is 0 Å². The molecule has 1 amide bonds. The van der Waals surface area contributed by atoms with Gasteiger partial charge in [-0.3, -0.25) is 15.6 Å². The summed E-state index contributed by atoms with van der Waals surface area (Å²) in [5, 5.41) is 0. The lowest BCUT2D eigenvalue weighted by atomic mass is 9.96. The minimum atomic E-state index is 0.0312. The fourth-order valence-corrected chi connectivity index (χ4v) is 2.70. The number of rotatable bonds is 4. The summed E-state index contributed by atoms with van der Waals surface area (Å²) in [4.78, 5) is 20.6. The highest BCUT2D eigenvalue weighted by molar-refractivity contribution is 5.99. The summed E-state index contributed by atoms with van der Waals surface area (Å²) in [5.74, 6) is 6.14. The van der Waals surface area contributed by atoms with Crippen molar-refractivity contribution in [1.82, 2.24) is 14.8 Å². The van der Waals surface area contributed by atoms with E-state index >= 15 is 0 Å². The lowest BCUT2D eigenvalue weighted by Crippen LogP contribution is -2.41. The number of aromatic nitrogens is 1. The van der Waals surface area contributed by atoms with Crippen LogP contribution in [0.5, 0.6) is 0 Å². The van der Waals surface area contributed by atoms with E-state index < -0.39 is 0 Å². The van der Waals surface area contributed by atoms with Crippen LogP contribution in [0.1, 0.15) is 23.2 Å². The number of piperidine rings is 1. The molecule has 1 fully saturated rings. The highest BCUT2D eigenvalue weighted by Gasteiger charge is 2.25. The van der Waals surface area contributed by atoms with Gasteiger partial charge in [0.05, 0.1) is 17.4 Å². The predicted octanol–water partition coefficient (Wildman–Crippen LogP) is 0.781. The molecule has 6 nitrogen and oxygen atoms in total. The van der Waals surface area contributed by atoms with Crippen molar-refractivity contribution in [3.8, 4) is 0 Å². The van der Waals surface area contributed by atoms with Gasteiger partial charge in [-0.1, -0.05) is 0 Å². The smallest absolute Gasteiger partial charge is 0.256 e. The van der Waals surface area contributed by atoms with Crippen LogP contribution in [0, 0.1) is 5.92 Å². The normalized spacial score (nSPS) is 16.5. The third kappa shape index (κ3) is 3.46. The van der Waals surface area contributed by atoms with Gasteiger partial charge in [-0.25, -0.2) is 0 Å². The van der Waals surface area contributed by atoms with Crippen molar-refractivity contribution in [2.24, 2.45) is 11.8 Å². The molecule has 0 radical (unpaired) electrons. The lowest BCUT2D eigenvalue weighted by Gasteiger charge is -2.33. The Morgan fingerprint density at radius 3 is 2.80 bits per heavy atom. The molecular weight excluding hydrogens is 254 g/mol. The number of hydrogen-bond acceptors (Lipinski definition) is 5. The third-order valence-electron chi connectivity index (χ3n) is 3.73. The van der Waals surface area contributed by atoms with Gasteiger partial charge in [-0.15, -0.1) is 0 Å². The number of nitrogens with zero attached hydrogens (tertiary/aromatic N) is 3. The van der Waals surface area contributed by atoms with Crippen molar-refractivity contribution in [2.45, 2.75) is 12.8 Å². The van der Waals surface area contributed by atoms with Gasteiger partial charge in [-0.05, 0) is 38.9 Å². The molecular formula is C14H23N5O. The molecule has 1 saturated heterocycles. The molecule has 0 bridgehead atoms. The number of amides is 1. The van der Waals surface area contributed by atoms with E-state index in [1.807, 2.05) is 4.90 Å². The molecule has 2 rings (SSSR count). The van der Waals surface area contributed by atoms with Crippen LogP contribution in [0.3, 0.4) is 0 Å². The summed E-state index contributed by atoms with van der Waals surface area (Å²) in [6.07, 6.45) is 5.31. The first-order valence-electron chi connectivity index (χ1n) is 6.96. The number of carbonyl (C=O) groups is 1. The van der Waals surface area contributed by atoms with E-state index in [9.17, 15) is 4.79 Å². The standard InChI is InChI=1S/C14H23N5O/c1-18(2)10-11-4-7-19(8-5-11)14(20)12-3-6-16-9-13(12)17-15/h3,6,9,11,17H,4-5,7-8,10,15H2,1-2H3. The molecule has 1 aromatic heterocycles. The fourth-order valence-electron chi connectivity index (χ4n) is 2.70. The van der Waals surface area contributed by atoms with Gasteiger partial charge in [0.15, 0.2) is 0 Å². The maximum absolute atomic E-state index is 12.5. The minimum Gasteiger partial charge on any atom is -0.339 e. The quantitative estimate of drug-likeness (QED) is 0.628. The first kappa shape index (κ1) is 14.7. The number of hydrazine groups is 1. The van der Waals surface area contributed by atoms with Gasteiger partial charge in [0.2, 0.25) is 0 Å². The highest BCUT2D eigenvalue weighted by Crippen LogP contribution is 2.21. The lowest BCUT2D eigenvalue weighted by molar-refractivity contribution is 0.0679. The molecule has 1 aliphatic heterocycles. The second-order valence-corrected chi connectivity index (χ2v) is 5.56. The Hall–Kier alpha value is -1.66. The Balaban J connectivity index is 1.98. The zero-order valence-electron chi connectivity index (χ0n) is 12.2. The van der Waals surface area contributed by atoms with Gasteiger partial charge >= 0.3 is 0 Å². The van der Waals surface area contributed by atoms with Crippen molar-refractivity contribution in [3.63, 3.8) is 0 Å². The molecule has 110 valence electrons. The average molecular weight is 277 g/mol. The van der Waals surface area contributed by atoms with E-state index in [1.165, 1.54) is 0 Å². The third-order valence-corrected chi connectivity index (χ3v) is 3.73. The molecule has 20 heavy (non-hydrogen) atoms. The summed E-state index contributed by atoms with van der Waals surface area (Å²) in [5.41, 5.74) is 3.70. The number of hydrogen-bond donors (Lipinski definition) is 2. The van der Waals surface area contributed by atoms with Gasteiger partial charge in [0, 0.05) is 25.8 Å². The maximum atomic E-state index is 12.5. The van der Waals surface area contributed by atoms with Crippen molar-refractivity contribution in [3.05, 3.63) is 24.0 Å². The average Bonchev–Trinajstić information content (AvgIpc) is 2.46. The summed E-state index contributed by atoms with van der Waals surface area (Å²) in [6, 6.07) is 1.71. The molecule has 6 heteroatoms. The van der Waals surface area contributed by atoms with Crippen LogP contribution < -0.4 is 11.3 Å². The maximum Gasteiger partial charge on any atom is 0.256 e. The highest BCUT2D eigenvalue weighted by atomic mass is 16.2. The molecule has 1 aromatic rings. The molecule has 2 heterocycles. The number of likely N-dealkylation sites (tertiary alicyclic amines) is 1.